The summed E-state index contributed by atoms with van der Waals surface area (Å²) in [4.78, 5) is 7.25. The van der Waals surface area contributed by atoms with Crippen LogP contribution in [0.1, 0.15) is 13.1 Å². The molecule has 2 aromatic carbocycles. The molecule has 18 heteroatoms. The monoisotopic (exact) mass is 636 g/mol. The van der Waals surface area contributed by atoms with E-state index in [1.54, 1.807) is 0 Å². The highest BCUT2D eigenvalue weighted by Gasteiger charge is 2.48. The summed E-state index contributed by atoms with van der Waals surface area (Å²) in [5.41, 5.74) is -6.24. The molecule has 0 saturated heterocycles. The van der Waals surface area contributed by atoms with Crippen molar-refractivity contribution in [3.05, 3.63) is 72.6 Å². The van der Waals surface area contributed by atoms with Crippen LogP contribution in [-0.2, 0) is 10.1 Å². The molecule has 0 bridgehead atoms. The van der Waals surface area contributed by atoms with Crippen LogP contribution in [0.15, 0.2) is 60.9 Å². The first kappa shape index (κ1) is 29.7. The molecule has 0 amide bonds. The van der Waals surface area contributed by atoms with Crippen LogP contribution in [-0.4, -0.2) is 38.1 Å². The normalized spacial score (nSPS) is 12.5. The molecule has 0 radical (unpaired) electrons. The van der Waals surface area contributed by atoms with Crippen molar-refractivity contribution >= 4 is 54.0 Å². The van der Waals surface area contributed by atoms with E-state index in [2.05, 4.69) is 14.2 Å². The number of nitrogens with zero attached hydrogens (tertiary/aromatic N) is 4. The number of fused-ring (bicyclic) bond motifs is 6. The first-order chi connectivity index (χ1) is 20.1. The molecule has 0 spiro atoms. The molecule has 226 valence electrons. The number of aromatic hydroxyl groups is 1. The fraction of sp³-hybridized carbons (Fsp3) is 0.120. The first-order valence-corrected chi connectivity index (χ1v) is 12.9. The van der Waals surface area contributed by atoms with E-state index in [1.165, 1.54) is 18.2 Å². The average Bonchev–Trinajstić information content (AvgIpc) is 3.39. The van der Waals surface area contributed by atoms with Crippen molar-refractivity contribution in [2.45, 2.75) is 18.6 Å². The van der Waals surface area contributed by atoms with Gasteiger partial charge in [-0.1, -0.05) is 0 Å². The zero-order valence-electron chi connectivity index (χ0n) is 20.7. The number of phenols is 1. The molecule has 8 nitrogen and oxygen atoms in total. The molecule has 0 atom stereocenters. The molecule has 6 rings (SSSR count). The van der Waals surface area contributed by atoms with Gasteiger partial charge in [0.1, 0.15) is 34.4 Å². The Hall–Kier alpha value is -4.74. The van der Waals surface area contributed by atoms with Gasteiger partial charge in [0.25, 0.3) is 0 Å². The minimum Gasteiger partial charge on any atom is -0.508 e. The Bertz CT molecular complexity index is 2130. The lowest BCUT2D eigenvalue weighted by atomic mass is 10.2. The summed E-state index contributed by atoms with van der Waals surface area (Å²) in [5.74, 6) is -2.35. The van der Waals surface area contributed by atoms with Crippen LogP contribution in [0.5, 0.6) is 11.5 Å². The Labute approximate surface area is 233 Å². The number of phenolic OH excluding ortho intramolecular Hbond substituents is 1. The largest absolute Gasteiger partial charge is 0.534 e. The third-order valence-electron chi connectivity index (χ3n) is 6.05. The van der Waals surface area contributed by atoms with Gasteiger partial charge in [-0.2, -0.15) is 39.2 Å². The fourth-order valence-electron chi connectivity index (χ4n) is 4.38. The van der Waals surface area contributed by atoms with Crippen molar-refractivity contribution in [3.8, 4) is 11.5 Å². The van der Waals surface area contributed by atoms with Crippen LogP contribution in [0.25, 0.3) is 43.9 Å². The van der Waals surface area contributed by atoms with E-state index in [4.69, 9.17) is 0 Å². The second kappa shape index (κ2) is 10.5. The lowest BCUT2D eigenvalue weighted by molar-refractivity contribution is -0.0500. The second-order valence-corrected chi connectivity index (χ2v) is 10.2. The Morgan fingerprint density at radius 2 is 1.19 bits per heavy atom. The highest BCUT2D eigenvalue weighted by atomic mass is 32.2. The third-order valence-corrected chi connectivity index (χ3v) is 7.03. The molecule has 6 aromatic rings. The average molecular weight is 636 g/mol. The van der Waals surface area contributed by atoms with Gasteiger partial charge in [0, 0.05) is 33.7 Å². The Morgan fingerprint density at radius 1 is 0.721 bits per heavy atom. The van der Waals surface area contributed by atoms with Crippen LogP contribution in [0.3, 0.4) is 0 Å². The first-order valence-electron chi connectivity index (χ1n) is 11.5. The van der Waals surface area contributed by atoms with Gasteiger partial charge in [-0.25, -0.2) is 18.7 Å². The van der Waals surface area contributed by atoms with E-state index in [-0.39, 0.29) is 38.8 Å². The number of halogens is 9. The van der Waals surface area contributed by atoms with Gasteiger partial charge >= 0.3 is 28.7 Å². The Morgan fingerprint density at radius 3 is 1.65 bits per heavy atom. The molecule has 0 aliphatic heterocycles. The molecule has 0 unspecified atom stereocenters. The van der Waals surface area contributed by atoms with E-state index in [9.17, 15) is 53.0 Å². The van der Waals surface area contributed by atoms with Crippen LogP contribution in [0, 0.1) is 11.6 Å². The minimum atomic E-state index is -5.96. The predicted octanol–water partition coefficient (Wildman–Crippen LogP) is 7.38. The number of hydrogen-bond acceptors (Lipinski definition) is 6. The predicted molar refractivity (Wildman–Crippen MR) is 134 cm³/mol. The van der Waals surface area contributed by atoms with Crippen molar-refractivity contribution in [3.63, 3.8) is 0 Å². The van der Waals surface area contributed by atoms with Crippen molar-refractivity contribution in [2.75, 3.05) is 0 Å². The van der Waals surface area contributed by atoms with Gasteiger partial charge in [0.05, 0.1) is 23.4 Å². The van der Waals surface area contributed by atoms with E-state index in [1.807, 2.05) is 0 Å². The summed E-state index contributed by atoms with van der Waals surface area (Å²) in [6, 6.07) is 8.68. The molecule has 4 aromatic heterocycles. The summed E-state index contributed by atoms with van der Waals surface area (Å²) in [6.07, 6.45) is 1.59. The Balaban J connectivity index is 0.000000180. The quantitative estimate of drug-likeness (QED) is 0.123. The van der Waals surface area contributed by atoms with E-state index < -0.39 is 46.1 Å². The number of benzene rings is 2. The van der Waals surface area contributed by atoms with E-state index >= 15 is 0 Å². The highest BCUT2D eigenvalue weighted by Crippen LogP contribution is 2.36. The molecular formula is C25H13F9N4O4S. The fourth-order valence-corrected chi connectivity index (χ4v) is 4.83. The van der Waals surface area contributed by atoms with Gasteiger partial charge < -0.3 is 9.29 Å². The molecule has 0 saturated carbocycles. The summed E-state index contributed by atoms with van der Waals surface area (Å²) in [5, 5.41) is 10.1. The number of alkyl halides is 7. The zero-order valence-corrected chi connectivity index (χ0v) is 21.5. The van der Waals surface area contributed by atoms with Gasteiger partial charge in [-0.05, 0) is 36.4 Å². The van der Waals surface area contributed by atoms with Crippen LogP contribution < -0.4 is 4.18 Å². The smallest absolute Gasteiger partial charge is 0.508 e. The highest BCUT2D eigenvalue weighted by molar-refractivity contribution is 7.88. The lowest BCUT2D eigenvalue weighted by Gasteiger charge is -2.10. The van der Waals surface area contributed by atoms with Crippen LogP contribution in [0.2, 0.25) is 0 Å². The number of pyridine rings is 2. The Kier molecular flexibility index (Phi) is 7.27. The summed E-state index contributed by atoms with van der Waals surface area (Å²) >= 11 is 0. The molecule has 1 N–H and O–H groups in total. The van der Waals surface area contributed by atoms with Gasteiger partial charge in [0.15, 0.2) is 0 Å². The van der Waals surface area contributed by atoms with Gasteiger partial charge in [-0.3, -0.25) is 9.13 Å². The topological polar surface area (TPSA) is 99.2 Å². The van der Waals surface area contributed by atoms with Crippen molar-refractivity contribution in [1.29, 1.82) is 0 Å². The van der Waals surface area contributed by atoms with Gasteiger partial charge in [-0.15, -0.1) is 0 Å². The number of aromatic nitrogens is 4. The third kappa shape index (κ3) is 5.33. The summed E-state index contributed by atoms with van der Waals surface area (Å²) < 4.78 is 143. The van der Waals surface area contributed by atoms with E-state index in [0.717, 1.165) is 30.5 Å². The molecule has 0 aliphatic carbocycles. The lowest BCUT2D eigenvalue weighted by Crippen LogP contribution is -2.28. The van der Waals surface area contributed by atoms with Crippen molar-refractivity contribution < 1.29 is 57.2 Å². The molecule has 0 fully saturated rings. The molecule has 43 heavy (non-hydrogen) atoms. The van der Waals surface area contributed by atoms with Crippen LogP contribution >= 0.6 is 0 Å². The zero-order chi connectivity index (χ0) is 31.4. The maximum Gasteiger partial charge on any atom is 0.534 e. The minimum absolute atomic E-state index is 0.00741. The van der Waals surface area contributed by atoms with Crippen molar-refractivity contribution in [1.82, 2.24) is 19.1 Å². The van der Waals surface area contributed by atoms with Crippen molar-refractivity contribution in [2.24, 2.45) is 0 Å². The van der Waals surface area contributed by atoms with Gasteiger partial charge in [0.2, 0.25) is 0 Å². The summed E-state index contributed by atoms with van der Waals surface area (Å²) in [7, 11) is -5.96. The van der Waals surface area contributed by atoms with Crippen LogP contribution in [0.4, 0.5) is 39.5 Å². The number of rotatable bonds is 4. The SMILES string of the molecule is O=S(=O)(Oc1ccc2c3cc(F)cnc3n(C(F)F)c2c1)C(F)(F)F.Oc1ccc2c3cc(F)cnc3n(C(F)F)c2c1. The molecule has 4 heterocycles. The molecular weight excluding hydrogens is 623 g/mol. The second-order valence-electron chi connectivity index (χ2n) is 8.71. The maximum atomic E-state index is 13.3. The van der Waals surface area contributed by atoms with E-state index in [0.29, 0.717) is 32.2 Å². The maximum absolute atomic E-state index is 13.3. The number of hydrogen-bond donors (Lipinski definition) is 1. The summed E-state index contributed by atoms with van der Waals surface area (Å²) in [6.45, 7) is -5.97. The standard InChI is InChI=1S/C13H6F6N2O3S.C12H7F3N2O/c14-6-3-9-8-2-1-7(24-25(22,23)13(17,18)19)4-10(8)21(12(15)16)11(9)20-5-6;13-6-3-9-8-2-1-7(18)4-10(8)17(12(14)15)11(9)16-5-6/h1-5,12H;1-5,12,18H. The molecule has 0 aliphatic rings.